The number of rotatable bonds is 10. The number of carbonyl (C=O) groups excluding carboxylic acids is 1. The third kappa shape index (κ3) is 6.53. The highest BCUT2D eigenvalue weighted by atomic mass is 19.3. The minimum absolute atomic E-state index is 0.0884. The Morgan fingerprint density at radius 2 is 1.86 bits per heavy atom. The molecule has 2 aromatic rings. The predicted molar refractivity (Wildman–Crippen MR) is 97.9 cm³/mol. The molecule has 2 aromatic carbocycles. The summed E-state index contributed by atoms with van der Waals surface area (Å²) in [5, 5.41) is 11.7. The molecule has 0 spiro atoms. The van der Waals surface area contributed by atoms with Gasteiger partial charge in [-0.25, -0.2) is 0 Å². The summed E-state index contributed by atoms with van der Waals surface area (Å²) < 4.78 is 34.8. The summed E-state index contributed by atoms with van der Waals surface area (Å²) in [5.74, 6) is -1.68. The Balaban J connectivity index is 2.20. The zero-order chi connectivity index (χ0) is 20.5. The highest BCUT2D eigenvalue weighted by Gasteiger charge is 2.21. The van der Waals surface area contributed by atoms with Gasteiger partial charge in [0.1, 0.15) is 11.5 Å². The van der Waals surface area contributed by atoms with E-state index in [1.54, 1.807) is 0 Å². The topological polar surface area (TPSA) is 84.9 Å². The maximum absolute atomic E-state index is 12.7. The second-order valence-corrected chi connectivity index (χ2v) is 6.03. The Bertz CT molecular complexity index is 798. The Labute approximate surface area is 161 Å². The van der Waals surface area contributed by atoms with Crippen molar-refractivity contribution in [2.75, 3.05) is 7.11 Å². The fourth-order valence-corrected chi connectivity index (χ4v) is 2.70. The number of halogens is 2. The van der Waals surface area contributed by atoms with Crippen LogP contribution < -0.4 is 14.8 Å². The SMILES string of the molecule is COc1ccc(C(=O)NC(CCC(=O)O)Cc2ccccc2)c(OC(F)F)c1. The van der Waals surface area contributed by atoms with Crippen LogP contribution in [0.3, 0.4) is 0 Å². The van der Waals surface area contributed by atoms with Crippen LogP contribution in [0.2, 0.25) is 0 Å². The lowest BCUT2D eigenvalue weighted by Crippen LogP contribution is -2.37. The van der Waals surface area contributed by atoms with Crippen molar-refractivity contribution in [2.24, 2.45) is 0 Å². The van der Waals surface area contributed by atoms with Crippen LogP contribution in [-0.4, -0.2) is 36.7 Å². The van der Waals surface area contributed by atoms with E-state index in [1.165, 1.54) is 25.3 Å². The molecule has 1 unspecified atom stereocenters. The van der Waals surface area contributed by atoms with E-state index in [4.69, 9.17) is 9.84 Å². The fourth-order valence-electron chi connectivity index (χ4n) is 2.70. The lowest BCUT2D eigenvalue weighted by atomic mass is 10.0. The van der Waals surface area contributed by atoms with E-state index < -0.39 is 24.5 Å². The van der Waals surface area contributed by atoms with Gasteiger partial charge in [-0.15, -0.1) is 0 Å². The molecule has 0 fully saturated rings. The van der Waals surface area contributed by atoms with Crippen LogP contribution in [0.15, 0.2) is 48.5 Å². The van der Waals surface area contributed by atoms with E-state index in [9.17, 15) is 18.4 Å². The maximum Gasteiger partial charge on any atom is 0.387 e. The van der Waals surface area contributed by atoms with E-state index in [0.29, 0.717) is 6.42 Å². The number of benzene rings is 2. The highest BCUT2D eigenvalue weighted by molar-refractivity contribution is 5.97. The summed E-state index contributed by atoms with van der Waals surface area (Å²) in [7, 11) is 1.36. The number of amides is 1. The number of aliphatic carboxylic acids is 1. The van der Waals surface area contributed by atoms with Gasteiger partial charge in [0.2, 0.25) is 0 Å². The first kappa shape index (κ1) is 21.1. The van der Waals surface area contributed by atoms with Crippen molar-refractivity contribution in [2.45, 2.75) is 31.9 Å². The third-order valence-corrected chi connectivity index (χ3v) is 4.02. The summed E-state index contributed by atoms with van der Waals surface area (Å²) in [4.78, 5) is 23.6. The van der Waals surface area contributed by atoms with Crippen LogP contribution in [0.4, 0.5) is 8.78 Å². The van der Waals surface area contributed by atoms with Gasteiger partial charge in [0.15, 0.2) is 0 Å². The molecule has 0 saturated heterocycles. The summed E-state index contributed by atoms with van der Waals surface area (Å²) in [5.41, 5.74) is 0.825. The number of ether oxygens (including phenoxy) is 2. The molecule has 28 heavy (non-hydrogen) atoms. The van der Waals surface area contributed by atoms with Crippen molar-refractivity contribution in [3.8, 4) is 11.5 Å². The van der Waals surface area contributed by atoms with Gasteiger partial charge in [-0.05, 0) is 30.5 Å². The number of carbonyl (C=O) groups is 2. The van der Waals surface area contributed by atoms with Gasteiger partial charge < -0.3 is 19.9 Å². The molecule has 0 bridgehead atoms. The van der Waals surface area contributed by atoms with Gasteiger partial charge in [0, 0.05) is 18.5 Å². The summed E-state index contributed by atoms with van der Waals surface area (Å²) in [6.45, 7) is -3.11. The molecule has 150 valence electrons. The molecule has 1 amide bonds. The number of hydrogen-bond donors (Lipinski definition) is 2. The van der Waals surface area contributed by atoms with Crippen LogP contribution in [0, 0.1) is 0 Å². The average molecular weight is 393 g/mol. The minimum atomic E-state index is -3.11. The van der Waals surface area contributed by atoms with Gasteiger partial charge in [-0.1, -0.05) is 30.3 Å². The highest BCUT2D eigenvalue weighted by Crippen LogP contribution is 2.26. The summed E-state index contributed by atoms with van der Waals surface area (Å²) in [6, 6.07) is 12.7. The monoisotopic (exact) mass is 393 g/mol. The van der Waals surface area contributed by atoms with E-state index in [0.717, 1.165) is 5.56 Å². The van der Waals surface area contributed by atoms with Gasteiger partial charge in [-0.2, -0.15) is 8.78 Å². The van der Waals surface area contributed by atoms with Crippen molar-refractivity contribution < 1.29 is 33.0 Å². The Hall–Kier alpha value is -3.16. The summed E-state index contributed by atoms with van der Waals surface area (Å²) in [6.07, 6.45) is 0.457. The lowest BCUT2D eigenvalue weighted by Gasteiger charge is -2.19. The van der Waals surface area contributed by atoms with E-state index in [1.807, 2.05) is 30.3 Å². The normalized spacial score (nSPS) is 11.7. The molecule has 2 N–H and O–H groups in total. The van der Waals surface area contributed by atoms with Crippen molar-refractivity contribution in [1.29, 1.82) is 0 Å². The zero-order valence-electron chi connectivity index (χ0n) is 15.2. The first-order valence-electron chi connectivity index (χ1n) is 8.58. The molecule has 0 aliphatic carbocycles. The van der Waals surface area contributed by atoms with Crippen molar-refractivity contribution >= 4 is 11.9 Å². The third-order valence-electron chi connectivity index (χ3n) is 4.02. The Kier molecular flexibility index (Phi) is 7.74. The van der Waals surface area contributed by atoms with Crippen LogP contribution >= 0.6 is 0 Å². The fraction of sp³-hybridized carbons (Fsp3) is 0.300. The predicted octanol–water partition coefficient (Wildman–Crippen LogP) is 3.50. The molecule has 0 aliphatic heterocycles. The molecule has 8 heteroatoms. The second kappa shape index (κ2) is 10.2. The number of carboxylic acid groups (broad SMARTS) is 1. The molecule has 0 heterocycles. The van der Waals surface area contributed by atoms with Crippen molar-refractivity contribution in [1.82, 2.24) is 5.32 Å². The van der Waals surface area contributed by atoms with Gasteiger partial charge in [0.05, 0.1) is 12.7 Å². The standard InChI is InChI=1S/C20H21F2NO5/c1-27-15-8-9-16(17(12-15)28-20(21)22)19(26)23-14(7-10-18(24)25)11-13-5-3-2-4-6-13/h2-6,8-9,12,14,20H,7,10-11H2,1H3,(H,23,26)(H,24,25). The first-order valence-corrected chi connectivity index (χ1v) is 8.58. The number of carboxylic acids is 1. The Morgan fingerprint density at radius 3 is 2.46 bits per heavy atom. The largest absolute Gasteiger partial charge is 0.497 e. The van der Waals surface area contributed by atoms with Crippen LogP contribution in [0.1, 0.15) is 28.8 Å². The number of hydrogen-bond acceptors (Lipinski definition) is 4. The van der Waals surface area contributed by atoms with E-state index in [2.05, 4.69) is 10.1 Å². The van der Waals surface area contributed by atoms with Gasteiger partial charge in [0.25, 0.3) is 5.91 Å². The zero-order valence-corrected chi connectivity index (χ0v) is 15.2. The molecule has 6 nitrogen and oxygen atoms in total. The van der Waals surface area contributed by atoms with Crippen LogP contribution in [0.25, 0.3) is 0 Å². The van der Waals surface area contributed by atoms with Gasteiger partial charge in [-0.3, -0.25) is 9.59 Å². The van der Waals surface area contributed by atoms with Crippen molar-refractivity contribution in [3.05, 3.63) is 59.7 Å². The minimum Gasteiger partial charge on any atom is -0.497 e. The molecule has 0 aromatic heterocycles. The molecule has 1 atom stereocenters. The van der Waals surface area contributed by atoms with E-state index >= 15 is 0 Å². The van der Waals surface area contributed by atoms with E-state index in [-0.39, 0.29) is 29.9 Å². The molecule has 0 saturated carbocycles. The smallest absolute Gasteiger partial charge is 0.387 e. The second-order valence-electron chi connectivity index (χ2n) is 6.03. The number of nitrogens with one attached hydrogen (secondary N) is 1. The molecule has 0 radical (unpaired) electrons. The number of alkyl halides is 2. The summed E-state index contributed by atoms with van der Waals surface area (Å²) >= 11 is 0. The van der Waals surface area contributed by atoms with Gasteiger partial charge >= 0.3 is 12.6 Å². The average Bonchev–Trinajstić information content (AvgIpc) is 2.66. The van der Waals surface area contributed by atoms with Crippen molar-refractivity contribution in [3.63, 3.8) is 0 Å². The molecular formula is C20H21F2NO5. The Morgan fingerprint density at radius 1 is 1.14 bits per heavy atom. The van der Waals surface area contributed by atoms with Crippen LogP contribution in [0.5, 0.6) is 11.5 Å². The lowest BCUT2D eigenvalue weighted by molar-refractivity contribution is -0.137. The molecule has 0 aliphatic rings. The molecular weight excluding hydrogens is 372 g/mol. The van der Waals surface area contributed by atoms with Crippen LogP contribution in [-0.2, 0) is 11.2 Å². The number of methoxy groups -OCH3 is 1. The quantitative estimate of drug-likeness (QED) is 0.645. The first-order chi connectivity index (χ1) is 13.4. The molecule has 2 rings (SSSR count). The maximum atomic E-state index is 12.7.